The van der Waals surface area contributed by atoms with Crippen LogP contribution in [0.15, 0.2) is 28.8 Å². The Morgan fingerprint density at radius 1 is 1.22 bits per heavy atom. The summed E-state index contributed by atoms with van der Waals surface area (Å²) in [6, 6.07) is 7.47. The van der Waals surface area contributed by atoms with Gasteiger partial charge in [-0.05, 0) is 38.1 Å². The summed E-state index contributed by atoms with van der Waals surface area (Å²) in [5.74, 6) is 0.934. The summed E-state index contributed by atoms with van der Waals surface area (Å²) in [7, 11) is 1.61. The third-order valence-electron chi connectivity index (χ3n) is 3.24. The maximum absolute atomic E-state index is 12.3. The Bertz CT molecular complexity index is 819. The summed E-state index contributed by atoms with van der Waals surface area (Å²) in [6.07, 6.45) is 0. The number of benzene rings is 1. The van der Waals surface area contributed by atoms with Crippen LogP contribution in [0.5, 0.6) is 5.75 Å². The van der Waals surface area contributed by atoms with E-state index in [9.17, 15) is 4.79 Å². The first-order valence-corrected chi connectivity index (χ1v) is 7.62. The molecule has 2 heterocycles. The van der Waals surface area contributed by atoms with Crippen molar-refractivity contribution in [2.24, 2.45) is 0 Å². The molecule has 1 amide bonds. The zero-order valence-electron chi connectivity index (χ0n) is 12.8. The Balaban J connectivity index is 1.78. The quantitative estimate of drug-likeness (QED) is 0.790. The summed E-state index contributed by atoms with van der Waals surface area (Å²) in [6.45, 7) is 3.41. The minimum Gasteiger partial charge on any atom is -0.497 e. The number of rotatable bonds is 4. The average molecular weight is 330 g/mol. The molecule has 3 aromatic rings. The van der Waals surface area contributed by atoms with E-state index in [1.807, 2.05) is 24.3 Å². The molecule has 0 aliphatic carbocycles. The second-order valence-electron chi connectivity index (χ2n) is 4.79. The monoisotopic (exact) mass is 330 g/mol. The molecule has 0 fully saturated rings. The lowest BCUT2D eigenvalue weighted by molar-refractivity contribution is 0.102. The number of hydrogen-bond donors (Lipinski definition) is 1. The van der Waals surface area contributed by atoms with E-state index in [-0.39, 0.29) is 5.91 Å². The summed E-state index contributed by atoms with van der Waals surface area (Å²) in [5, 5.41) is 15.7. The van der Waals surface area contributed by atoms with Crippen LogP contribution in [0.1, 0.15) is 21.8 Å². The fraction of sp³-hybridized carbons (Fsp3) is 0.200. The zero-order valence-corrected chi connectivity index (χ0v) is 13.6. The van der Waals surface area contributed by atoms with Gasteiger partial charge in [0.2, 0.25) is 5.13 Å². The first-order chi connectivity index (χ1) is 11.1. The minimum absolute atomic E-state index is 0.307. The molecular formula is C15H14N4O3S. The molecule has 0 bridgehead atoms. The van der Waals surface area contributed by atoms with Crippen LogP contribution in [-0.2, 0) is 0 Å². The van der Waals surface area contributed by atoms with Crippen molar-refractivity contribution in [3.05, 3.63) is 41.3 Å². The van der Waals surface area contributed by atoms with Crippen molar-refractivity contribution >= 4 is 22.4 Å². The number of anilines is 1. The van der Waals surface area contributed by atoms with E-state index < -0.39 is 0 Å². The summed E-state index contributed by atoms with van der Waals surface area (Å²) < 4.78 is 10.1. The summed E-state index contributed by atoms with van der Waals surface area (Å²) >= 11 is 1.29. The van der Waals surface area contributed by atoms with Gasteiger partial charge in [-0.1, -0.05) is 16.5 Å². The SMILES string of the molecule is COc1ccc(-c2nnc(NC(=O)c3c(C)noc3C)s2)cc1. The van der Waals surface area contributed by atoms with Crippen LogP contribution >= 0.6 is 11.3 Å². The van der Waals surface area contributed by atoms with Gasteiger partial charge in [-0.25, -0.2) is 0 Å². The molecule has 7 nitrogen and oxygen atoms in total. The van der Waals surface area contributed by atoms with Gasteiger partial charge in [0.15, 0.2) is 0 Å². The molecule has 0 unspecified atom stereocenters. The van der Waals surface area contributed by atoms with Crippen LogP contribution in [0.25, 0.3) is 10.6 Å². The number of ether oxygens (including phenoxy) is 1. The Labute approximate surface area is 136 Å². The van der Waals surface area contributed by atoms with Crippen molar-refractivity contribution in [3.63, 3.8) is 0 Å². The van der Waals surface area contributed by atoms with E-state index in [0.717, 1.165) is 11.3 Å². The van der Waals surface area contributed by atoms with E-state index in [2.05, 4.69) is 20.7 Å². The lowest BCUT2D eigenvalue weighted by atomic mass is 10.2. The molecule has 23 heavy (non-hydrogen) atoms. The first-order valence-electron chi connectivity index (χ1n) is 6.80. The van der Waals surface area contributed by atoms with Crippen molar-refractivity contribution < 1.29 is 14.1 Å². The van der Waals surface area contributed by atoms with Crippen molar-refractivity contribution in [2.75, 3.05) is 12.4 Å². The van der Waals surface area contributed by atoms with Crippen molar-refractivity contribution in [3.8, 4) is 16.3 Å². The molecule has 8 heteroatoms. The fourth-order valence-electron chi connectivity index (χ4n) is 2.09. The summed E-state index contributed by atoms with van der Waals surface area (Å²) in [5.41, 5.74) is 1.87. The third-order valence-corrected chi connectivity index (χ3v) is 4.13. The number of carbonyl (C=O) groups excluding carboxylic acids is 1. The third kappa shape index (κ3) is 3.07. The smallest absolute Gasteiger partial charge is 0.263 e. The fourth-order valence-corrected chi connectivity index (χ4v) is 2.83. The maximum Gasteiger partial charge on any atom is 0.263 e. The lowest BCUT2D eigenvalue weighted by Crippen LogP contribution is -2.13. The second-order valence-corrected chi connectivity index (χ2v) is 5.77. The molecule has 3 rings (SSSR count). The summed E-state index contributed by atoms with van der Waals surface area (Å²) in [4.78, 5) is 12.3. The largest absolute Gasteiger partial charge is 0.497 e. The minimum atomic E-state index is -0.307. The molecule has 0 atom stereocenters. The highest BCUT2D eigenvalue weighted by atomic mass is 32.1. The van der Waals surface area contributed by atoms with Gasteiger partial charge in [0.1, 0.15) is 22.1 Å². The molecule has 0 spiro atoms. The molecule has 0 saturated heterocycles. The van der Waals surface area contributed by atoms with Gasteiger partial charge in [0.05, 0.1) is 12.8 Å². The molecule has 0 aliphatic heterocycles. The number of methoxy groups -OCH3 is 1. The molecule has 1 N–H and O–H groups in total. The van der Waals surface area contributed by atoms with Crippen molar-refractivity contribution in [2.45, 2.75) is 13.8 Å². The van der Waals surface area contributed by atoms with Crippen LogP contribution in [0.4, 0.5) is 5.13 Å². The van der Waals surface area contributed by atoms with Crippen molar-refractivity contribution in [1.82, 2.24) is 15.4 Å². The number of hydrogen-bond acceptors (Lipinski definition) is 7. The van der Waals surface area contributed by atoms with Gasteiger partial charge in [-0.15, -0.1) is 10.2 Å². The van der Waals surface area contributed by atoms with Crippen LogP contribution < -0.4 is 10.1 Å². The normalized spacial score (nSPS) is 10.6. The van der Waals surface area contributed by atoms with Gasteiger partial charge in [-0.2, -0.15) is 0 Å². The number of aromatic nitrogens is 3. The lowest BCUT2D eigenvalue weighted by Gasteiger charge is -2.00. The van der Waals surface area contributed by atoms with E-state index in [1.54, 1.807) is 21.0 Å². The van der Waals surface area contributed by atoms with Crippen LogP contribution in [0.3, 0.4) is 0 Å². The molecule has 0 aliphatic rings. The number of aryl methyl sites for hydroxylation is 2. The van der Waals surface area contributed by atoms with Crippen LogP contribution in [0, 0.1) is 13.8 Å². The van der Waals surface area contributed by atoms with E-state index >= 15 is 0 Å². The Morgan fingerprint density at radius 2 is 1.96 bits per heavy atom. The molecule has 0 radical (unpaired) electrons. The van der Waals surface area contributed by atoms with Crippen LogP contribution in [0.2, 0.25) is 0 Å². The van der Waals surface area contributed by atoms with Gasteiger partial charge >= 0.3 is 0 Å². The molecular weight excluding hydrogens is 316 g/mol. The number of carbonyl (C=O) groups is 1. The van der Waals surface area contributed by atoms with E-state index in [1.165, 1.54) is 11.3 Å². The Hall–Kier alpha value is -2.74. The predicted octanol–water partition coefficient (Wildman–Crippen LogP) is 3.07. The molecule has 2 aromatic heterocycles. The molecule has 1 aromatic carbocycles. The highest BCUT2D eigenvalue weighted by molar-refractivity contribution is 7.18. The number of amides is 1. The molecule has 0 saturated carbocycles. The number of nitrogens with one attached hydrogen (secondary N) is 1. The van der Waals surface area contributed by atoms with E-state index in [0.29, 0.717) is 27.2 Å². The van der Waals surface area contributed by atoms with Gasteiger partial charge in [0, 0.05) is 5.56 Å². The maximum atomic E-state index is 12.3. The molecule has 118 valence electrons. The van der Waals surface area contributed by atoms with E-state index in [4.69, 9.17) is 9.26 Å². The number of nitrogens with zero attached hydrogens (tertiary/aromatic N) is 3. The van der Waals surface area contributed by atoms with Gasteiger partial charge in [-0.3, -0.25) is 10.1 Å². The van der Waals surface area contributed by atoms with Gasteiger partial charge < -0.3 is 9.26 Å². The predicted molar refractivity (Wildman–Crippen MR) is 85.8 cm³/mol. The van der Waals surface area contributed by atoms with Gasteiger partial charge in [0.25, 0.3) is 5.91 Å². The van der Waals surface area contributed by atoms with Crippen molar-refractivity contribution in [1.29, 1.82) is 0 Å². The topological polar surface area (TPSA) is 90.1 Å². The standard InChI is InChI=1S/C15H14N4O3S/c1-8-12(9(2)22-19-8)13(20)16-15-18-17-14(23-15)10-4-6-11(21-3)7-5-10/h4-7H,1-3H3,(H,16,18,20). The highest BCUT2D eigenvalue weighted by Gasteiger charge is 2.19. The highest BCUT2D eigenvalue weighted by Crippen LogP contribution is 2.28. The average Bonchev–Trinajstić information content (AvgIpc) is 3.14. The second kappa shape index (κ2) is 6.17. The van der Waals surface area contributed by atoms with Crippen LogP contribution in [-0.4, -0.2) is 28.4 Å². The Kier molecular flexibility index (Phi) is 4.07. The zero-order chi connectivity index (χ0) is 16.4. The Morgan fingerprint density at radius 3 is 2.57 bits per heavy atom. The first kappa shape index (κ1) is 15.2.